The second-order valence-electron chi connectivity index (χ2n) is 12.2. The van der Waals surface area contributed by atoms with Crippen LogP contribution in [0.25, 0.3) is 5.82 Å². The highest BCUT2D eigenvalue weighted by atomic mass is 16.7. The summed E-state index contributed by atoms with van der Waals surface area (Å²) in [7, 11) is 0. The first-order valence-electron chi connectivity index (χ1n) is 14.4. The number of aromatic nitrogens is 3. The number of nitrogens with two attached hydrogens (primary N) is 1. The zero-order valence-corrected chi connectivity index (χ0v) is 22.5. The number of benzene rings is 1. The van der Waals surface area contributed by atoms with Crippen LogP contribution < -0.4 is 11.1 Å². The Kier molecular flexibility index (Phi) is 6.24. The molecule has 1 saturated heterocycles. The van der Waals surface area contributed by atoms with Crippen LogP contribution in [-0.2, 0) is 26.1 Å². The van der Waals surface area contributed by atoms with Crippen LogP contribution in [0.5, 0.6) is 0 Å². The van der Waals surface area contributed by atoms with E-state index >= 15 is 0 Å². The molecule has 9 heteroatoms. The van der Waals surface area contributed by atoms with Gasteiger partial charge in [-0.2, -0.15) is 5.10 Å². The van der Waals surface area contributed by atoms with Crippen molar-refractivity contribution in [2.24, 2.45) is 23.5 Å². The molecule has 5 aliphatic rings. The summed E-state index contributed by atoms with van der Waals surface area (Å²) in [6.07, 6.45) is 11.6. The molecule has 4 bridgehead atoms. The van der Waals surface area contributed by atoms with Gasteiger partial charge in [-0.05, 0) is 86.5 Å². The molecule has 0 radical (unpaired) electrons. The van der Waals surface area contributed by atoms with Crippen molar-refractivity contribution in [3.05, 3.63) is 77.7 Å². The van der Waals surface area contributed by atoms with Crippen LogP contribution >= 0.6 is 0 Å². The maximum Gasteiger partial charge on any atom is 0.280 e. The molecule has 4 aliphatic carbocycles. The first-order valence-corrected chi connectivity index (χ1v) is 14.4. The molecule has 2 aromatic heterocycles. The van der Waals surface area contributed by atoms with Crippen molar-refractivity contribution in [2.75, 3.05) is 13.2 Å². The number of ether oxygens (including phenoxy) is 2. The quantitative estimate of drug-likeness (QED) is 0.451. The molecule has 1 atom stereocenters. The molecule has 5 fully saturated rings. The standard InChI is InChI=1S/C31H35N5O4/c32-29(38)31(39-11-12-40-31)26(16-20-5-2-1-3-6-20)34-28(37)24-7-4-9-33-27(24)36-10-8-25(35-36)30-17-21-13-22(18-30)15-23(14-21)19-30/h1-10,21-23,26H,11-19H2,(H2,32,38)(H,34,37). The van der Waals surface area contributed by atoms with Gasteiger partial charge in [0, 0.05) is 17.8 Å². The van der Waals surface area contributed by atoms with E-state index in [0.29, 0.717) is 17.8 Å². The van der Waals surface area contributed by atoms with Crippen molar-refractivity contribution < 1.29 is 19.1 Å². The molecule has 3 aromatic rings. The maximum absolute atomic E-state index is 13.8. The van der Waals surface area contributed by atoms with Crippen LogP contribution in [0.1, 0.15) is 60.1 Å². The lowest BCUT2D eigenvalue weighted by Gasteiger charge is -2.56. The smallest absolute Gasteiger partial charge is 0.280 e. The SMILES string of the molecule is NC(=O)C1(C(Cc2ccccc2)NC(=O)c2cccnc2-n2ccc(C34CC5CC(CC(C5)C3)C4)n2)OCCO1. The predicted molar refractivity (Wildman–Crippen MR) is 146 cm³/mol. The molecule has 3 N–H and O–H groups in total. The molecule has 2 amide bonds. The third-order valence-corrected chi connectivity index (χ3v) is 9.53. The summed E-state index contributed by atoms with van der Waals surface area (Å²) in [5.41, 5.74) is 8.30. The second kappa shape index (κ2) is 9.82. The van der Waals surface area contributed by atoms with Gasteiger partial charge in [-0.1, -0.05) is 30.3 Å². The van der Waals surface area contributed by atoms with Crippen LogP contribution in [0, 0.1) is 17.8 Å². The molecule has 40 heavy (non-hydrogen) atoms. The van der Waals surface area contributed by atoms with Gasteiger partial charge in [0.1, 0.15) is 0 Å². The Bertz CT molecular complexity index is 1380. The minimum absolute atomic E-state index is 0.142. The number of carbonyl (C=O) groups is 2. The van der Waals surface area contributed by atoms with E-state index in [1.54, 1.807) is 23.0 Å². The van der Waals surface area contributed by atoms with Crippen LogP contribution in [0.3, 0.4) is 0 Å². The van der Waals surface area contributed by atoms with E-state index in [0.717, 1.165) is 29.0 Å². The maximum atomic E-state index is 13.8. The summed E-state index contributed by atoms with van der Waals surface area (Å²) in [4.78, 5) is 31.0. The van der Waals surface area contributed by atoms with E-state index in [2.05, 4.69) is 16.4 Å². The number of carbonyl (C=O) groups excluding carboxylic acids is 2. The van der Waals surface area contributed by atoms with Crippen molar-refractivity contribution in [3.63, 3.8) is 0 Å². The molecule has 1 aromatic carbocycles. The van der Waals surface area contributed by atoms with Gasteiger partial charge in [0.2, 0.25) is 0 Å². The van der Waals surface area contributed by atoms with E-state index in [1.807, 2.05) is 36.5 Å². The topological polar surface area (TPSA) is 121 Å². The van der Waals surface area contributed by atoms with Gasteiger partial charge in [0.15, 0.2) is 5.82 Å². The van der Waals surface area contributed by atoms with E-state index < -0.39 is 23.6 Å². The summed E-state index contributed by atoms with van der Waals surface area (Å²) in [6, 6.07) is 14.3. The monoisotopic (exact) mass is 541 g/mol. The molecule has 208 valence electrons. The first kappa shape index (κ1) is 25.4. The number of nitrogens with one attached hydrogen (secondary N) is 1. The van der Waals surface area contributed by atoms with E-state index in [-0.39, 0.29) is 18.6 Å². The van der Waals surface area contributed by atoms with E-state index in [9.17, 15) is 9.59 Å². The number of nitrogens with zero attached hydrogens (tertiary/aromatic N) is 3. The van der Waals surface area contributed by atoms with Crippen LogP contribution in [0.2, 0.25) is 0 Å². The number of primary amides is 1. The predicted octanol–water partition coefficient (Wildman–Crippen LogP) is 3.30. The highest BCUT2D eigenvalue weighted by Gasteiger charge is 2.53. The molecular weight excluding hydrogens is 506 g/mol. The summed E-state index contributed by atoms with van der Waals surface area (Å²) in [5.74, 6) is -0.0628. The lowest BCUT2D eigenvalue weighted by atomic mass is 9.49. The zero-order valence-electron chi connectivity index (χ0n) is 22.5. The van der Waals surface area contributed by atoms with Crippen LogP contribution in [0.4, 0.5) is 0 Å². The lowest BCUT2D eigenvalue weighted by Crippen LogP contribution is -2.61. The Morgan fingerprint density at radius 2 is 1.65 bits per heavy atom. The minimum atomic E-state index is -1.76. The third-order valence-electron chi connectivity index (χ3n) is 9.53. The molecule has 1 unspecified atom stereocenters. The van der Waals surface area contributed by atoms with Gasteiger partial charge in [-0.25, -0.2) is 9.67 Å². The average Bonchev–Trinajstić information content (AvgIpc) is 3.64. The van der Waals surface area contributed by atoms with Gasteiger partial charge in [0.25, 0.3) is 17.6 Å². The molecule has 8 rings (SSSR count). The van der Waals surface area contributed by atoms with Gasteiger partial charge in [0.05, 0.1) is 30.5 Å². The summed E-state index contributed by atoms with van der Waals surface area (Å²) in [6.45, 7) is 0.422. The normalized spacial score (nSPS) is 28.9. The highest BCUT2D eigenvalue weighted by molar-refractivity contribution is 5.98. The summed E-state index contributed by atoms with van der Waals surface area (Å²) < 4.78 is 13.3. The van der Waals surface area contributed by atoms with E-state index in [1.165, 1.54) is 38.5 Å². The average molecular weight is 542 g/mol. The number of hydrogen-bond acceptors (Lipinski definition) is 6. The number of amides is 2. The van der Waals surface area contributed by atoms with E-state index in [4.69, 9.17) is 20.3 Å². The van der Waals surface area contributed by atoms with Crippen LogP contribution in [0.15, 0.2) is 60.9 Å². The van der Waals surface area contributed by atoms with Crippen molar-refractivity contribution in [1.82, 2.24) is 20.1 Å². The Morgan fingerprint density at radius 3 is 2.30 bits per heavy atom. The summed E-state index contributed by atoms with van der Waals surface area (Å²) >= 11 is 0. The van der Waals surface area contributed by atoms with Gasteiger partial charge < -0.3 is 20.5 Å². The molecule has 3 heterocycles. The molecule has 9 nitrogen and oxygen atoms in total. The Balaban J connectivity index is 1.18. The molecule has 0 spiro atoms. The first-order chi connectivity index (χ1) is 19.4. The second-order valence-corrected chi connectivity index (χ2v) is 12.2. The Morgan fingerprint density at radius 1 is 0.975 bits per heavy atom. The molecule has 1 aliphatic heterocycles. The van der Waals surface area contributed by atoms with Crippen molar-refractivity contribution >= 4 is 11.8 Å². The number of hydrogen-bond donors (Lipinski definition) is 2. The number of rotatable bonds is 8. The van der Waals surface area contributed by atoms with Crippen molar-refractivity contribution in [1.29, 1.82) is 0 Å². The van der Waals surface area contributed by atoms with Gasteiger partial charge in [-0.3, -0.25) is 9.59 Å². The minimum Gasteiger partial charge on any atom is -0.365 e. The van der Waals surface area contributed by atoms with Gasteiger partial charge >= 0.3 is 0 Å². The van der Waals surface area contributed by atoms with Gasteiger partial charge in [-0.15, -0.1) is 0 Å². The fourth-order valence-electron chi connectivity index (χ4n) is 8.22. The fourth-order valence-corrected chi connectivity index (χ4v) is 8.22. The largest absolute Gasteiger partial charge is 0.365 e. The molecular formula is C31H35N5O4. The highest BCUT2D eigenvalue weighted by Crippen LogP contribution is 2.60. The zero-order chi connectivity index (χ0) is 27.3. The lowest BCUT2D eigenvalue weighted by molar-refractivity contribution is -0.189. The third kappa shape index (κ3) is 4.32. The van der Waals surface area contributed by atoms with Crippen LogP contribution in [-0.4, -0.2) is 51.6 Å². The van der Waals surface area contributed by atoms with Crippen molar-refractivity contribution in [3.8, 4) is 5.82 Å². The molecule has 4 saturated carbocycles. The Labute approximate surface area is 233 Å². The Hall–Kier alpha value is -3.56. The number of pyridine rings is 1. The fraction of sp³-hybridized carbons (Fsp3) is 0.484. The summed E-state index contributed by atoms with van der Waals surface area (Å²) in [5, 5.41) is 8.03. The van der Waals surface area contributed by atoms with Crippen molar-refractivity contribution in [2.45, 2.75) is 62.2 Å².